The van der Waals surface area contributed by atoms with Crippen molar-refractivity contribution in [3.63, 3.8) is 0 Å². The van der Waals surface area contributed by atoms with Crippen LogP contribution in [-0.2, 0) is 4.74 Å². The second-order valence-corrected chi connectivity index (χ2v) is 2.13. The van der Waals surface area contributed by atoms with E-state index in [1.807, 2.05) is 0 Å². The van der Waals surface area contributed by atoms with Crippen molar-refractivity contribution in [3.8, 4) is 0 Å². The van der Waals surface area contributed by atoms with Crippen molar-refractivity contribution in [2.24, 2.45) is 0 Å². The zero-order chi connectivity index (χ0) is 5.82. The van der Waals surface area contributed by atoms with Gasteiger partial charge >= 0.3 is 0 Å². The first-order valence-electron chi connectivity index (χ1n) is 3.13. The quantitative estimate of drug-likeness (QED) is 0.469. The van der Waals surface area contributed by atoms with E-state index < -0.39 is 0 Å². The van der Waals surface area contributed by atoms with Gasteiger partial charge in [-0.3, -0.25) is 0 Å². The lowest BCUT2D eigenvalue weighted by molar-refractivity contribution is 0.128. The van der Waals surface area contributed by atoms with Crippen LogP contribution >= 0.6 is 0 Å². The fourth-order valence-electron chi connectivity index (χ4n) is 0.978. The summed E-state index contributed by atoms with van der Waals surface area (Å²) >= 11 is 0. The molecule has 0 aromatic heterocycles. The Bertz CT molecular complexity index is 86.4. The van der Waals surface area contributed by atoms with Gasteiger partial charge in [0.1, 0.15) is 0 Å². The third kappa shape index (κ3) is 1.34. The summed E-state index contributed by atoms with van der Waals surface area (Å²) in [5, 5.41) is 0. The summed E-state index contributed by atoms with van der Waals surface area (Å²) in [6, 6.07) is 0. The van der Waals surface area contributed by atoms with Crippen molar-refractivity contribution in [3.05, 3.63) is 12.2 Å². The van der Waals surface area contributed by atoms with Crippen molar-refractivity contribution in [2.75, 3.05) is 7.11 Å². The van der Waals surface area contributed by atoms with Crippen molar-refractivity contribution in [1.82, 2.24) is 0 Å². The highest BCUT2D eigenvalue weighted by molar-refractivity contribution is 4.93. The Hall–Kier alpha value is -0.300. The maximum absolute atomic E-state index is 5.10. The van der Waals surface area contributed by atoms with Crippen LogP contribution in [0.3, 0.4) is 0 Å². The van der Waals surface area contributed by atoms with Gasteiger partial charge < -0.3 is 4.74 Å². The van der Waals surface area contributed by atoms with Crippen molar-refractivity contribution < 1.29 is 4.74 Å². The molecule has 1 aliphatic rings. The van der Waals surface area contributed by atoms with Gasteiger partial charge in [-0.1, -0.05) is 12.2 Å². The lowest BCUT2D eigenvalue weighted by atomic mass is 10.1. The van der Waals surface area contributed by atoms with Crippen LogP contribution in [0.2, 0.25) is 0 Å². The summed E-state index contributed by atoms with van der Waals surface area (Å²) in [5.74, 6) is 0. The Morgan fingerprint density at radius 3 is 2.88 bits per heavy atom. The largest absolute Gasteiger partial charge is 0.377 e. The first-order valence-corrected chi connectivity index (χ1v) is 3.13. The van der Waals surface area contributed by atoms with E-state index in [4.69, 9.17) is 4.74 Å². The number of rotatable bonds is 1. The standard InChI is InChI=1S/C7H12O/c1-8-7-5-3-2-4-6-7/h3,5,7H,2,4,6H2,1H3/t7-/m1/s1. The summed E-state index contributed by atoms with van der Waals surface area (Å²) in [6.07, 6.45) is 8.46. The maximum Gasteiger partial charge on any atom is 0.0752 e. The molecule has 1 aliphatic carbocycles. The molecule has 1 heteroatoms. The second-order valence-electron chi connectivity index (χ2n) is 2.13. The number of ether oxygens (including phenoxy) is 1. The molecule has 0 aromatic carbocycles. The fraction of sp³-hybridized carbons (Fsp3) is 0.714. The van der Waals surface area contributed by atoms with Gasteiger partial charge in [0.2, 0.25) is 0 Å². The van der Waals surface area contributed by atoms with Gasteiger partial charge in [0.25, 0.3) is 0 Å². The molecule has 0 aliphatic heterocycles. The Morgan fingerprint density at radius 2 is 2.50 bits per heavy atom. The van der Waals surface area contributed by atoms with Crippen LogP contribution in [0.25, 0.3) is 0 Å². The molecular weight excluding hydrogens is 100 g/mol. The number of methoxy groups -OCH3 is 1. The minimum Gasteiger partial charge on any atom is -0.377 e. The maximum atomic E-state index is 5.10. The minimum absolute atomic E-state index is 0.406. The lowest BCUT2D eigenvalue weighted by Crippen LogP contribution is -2.08. The number of hydrogen-bond donors (Lipinski definition) is 0. The Balaban J connectivity index is 2.32. The highest BCUT2D eigenvalue weighted by atomic mass is 16.5. The number of allylic oxidation sites excluding steroid dienone is 1. The summed E-state index contributed by atoms with van der Waals surface area (Å²) < 4.78 is 5.10. The van der Waals surface area contributed by atoms with E-state index in [1.165, 1.54) is 19.3 Å². The molecule has 1 atom stereocenters. The van der Waals surface area contributed by atoms with Crippen LogP contribution in [0, 0.1) is 0 Å². The molecule has 0 radical (unpaired) electrons. The molecule has 0 saturated heterocycles. The summed E-state index contributed by atoms with van der Waals surface area (Å²) in [5.41, 5.74) is 0. The lowest BCUT2D eigenvalue weighted by Gasteiger charge is -2.13. The van der Waals surface area contributed by atoms with Gasteiger partial charge in [-0.2, -0.15) is 0 Å². The molecule has 0 amide bonds. The van der Waals surface area contributed by atoms with E-state index in [1.54, 1.807) is 7.11 Å². The van der Waals surface area contributed by atoms with E-state index in [-0.39, 0.29) is 0 Å². The number of hydrogen-bond acceptors (Lipinski definition) is 1. The smallest absolute Gasteiger partial charge is 0.0752 e. The third-order valence-electron chi connectivity index (χ3n) is 1.51. The van der Waals surface area contributed by atoms with Crippen LogP contribution < -0.4 is 0 Å². The van der Waals surface area contributed by atoms with Gasteiger partial charge in [-0.15, -0.1) is 0 Å². The van der Waals surface area contributed by atoms with Crippen LogP contribution in [0.1, 0.15) is 19.3 Å². The molecule has 46 valence electrons. The van der Waals surface area contributed by atoms with Gasteiger partial charge in [0.05, 0.1) is 6.10 Å². The molecule has 1 rings (SSSR count). The molecule has 1 nitrogen and oxygen atoms in total. The molecule has 0 aromatic rings. The zero-order valence-corrected chi connectivity index (χ0v) is 5.26. The first kappa shape index (κ1) is 5.83. The molecule has 0 unspecified atom stereocenters. The van der Waals surface area contributed by atoms with E-state index in [0.717, 1.165) is 0 Å². The summed E-state index contributed by atoms with van der Waals surface area (Å²) in [6.45, 7) is 0. The predicted molar refractivity (Wildman–Crippen MR) is 33.8 cm³/mol. The average molecular weight is 112 g/mol. The topological polar surface area (TPSA) is 9.23 Å². The highest BCUT2D eigenvalue weighted by Gasteiger charge is 2.04. The van der Waals surface area contributed by atoms with Crippen LogP contribution in [0.5, 0.6) is 0 Å². The monoisotopic (exact) mass is 112 g/mol. The van der Waals surface area contributed by atoms with Gasteiger partial charge in [-0.05, 0) is 19.3 Å². The molecule has 0 bridgehead atoms. The SMILES string of the molecule is CO[C@@H]1C=CCCC1. The Kier molecular flexibility index (Phi) is 2.10. The normalized spacial score (nSPS) is 28.4. The molecule has 0 saturated carbocycles. The molecule has 0 N–H and O–H groups in total. The molecule has 0 heterocycles. The Labute approximate surface area is 50.3 Å². The van der Waals surface area contributed by atoms with Gasteiger partial charge in [0.15, 0.2) is 0 Å². The van der Waals surface area contributed by atoms with E-state index in [9.17, 15) is 0 Å². The fourth-order valence-corrected chi connectivity index (χ4v) is 0.978. The van der Waals surface area contributed by atoms with Gasteiger partial charge in [0, 0.05) is 7.11 Å². The van der Waals surface area contributed by atoms with Crippen molar-refractivity contribution >= 4 is 0 Å². The van der Waals surface area contributed by atoms with E-state index in [0.29, 0.717) is 6.10 Å². The van der Waals surface area contributed by atoms with Crippen LogP contribution in [0.15, 0.2) is 12.2 Å². The second kappa shape index (κ2) is 2.88. The van der Waals surface area contributed by atoms with E-state index in [2.05, 4.69) is 12.2 Å². The van der Waals surface area contributed by atoms with E-state index >= 15 is 0 Å². The summed E-state index contributed by atoms with van der Waals surface area (Å²) in [7, 11) is 1.76. The van der Waals surface area contributed by atoms with Crippen molar-refractivity contribution in [2.45, 2.75) is 25.4 Å². The molecule has 0 spiro atoms. The van der Waals surface area contributed by atoms with Crippen LogP contribution in [-0.4, -0.2) is 13.2 Å². The predicted octanol–water partition coefficient (Wildman–Crippen LogP) is 1.74. The van der Waals surface area contributed by atoms with Gasteiger partial charge in [-0.25, -0.2) is 0 Å². The van der Waals surface area contributed by atoms with Crippen molar-refractivity contribution in [1.29, 1.82) is 0 Å². The first-order chi connectivity index (χ1) is 3.93. The highest BCUT2D eigenvalue weighted by Crippen LogP contribution is 2.11. The molecule has 0 fully saturated rings. The Morgan fingerprint density at radius 1 is 1.62 bits per heavy atom. The molecular formula is C7H12O. The summed E-state index contributed by atoms with van der Waals surface area (Å²) in [4.78, 5) is 0. The third-order valence-corrected chi connectivity index (χ3v) is 1.51. The average Bonchev–Trinajstić information content (AvgIpc) is 1.90. The minimum atomic E-state index is 0.406. The molecule has 8 heavy (non-hydrogen) atoms. The van der Waals surface area contributed by atoms with Crippen LogP contribution in [0.4, 0.5) is 0 Å². The zero-order valence-electron chi connectivity index (χ0n) is 5.26.